The highest BCUT2D eigenvalue weighted by atomic mass is 16.5. The van der Waals surface area contributed by atoms with Crippen LogP contribution in [-0.2, 0) is 14.3 Å². The van der Waals surface area contributed by atoms with Crippen molar-refractivity contribution in [3.63, 3.8) is 0 Å². The molecule has 8 nitrogen and oxygen atoms in total. The highest BCUT2D eigenvalue weighted by Crippen LogP contribution is 2.17. The number of carbonyl (C=O) groups excluding carboxylic acids is 2. The smallest absolute Gasteiger partial charge is 0.237 e. The topological polar surface area (TPSA) is 108 Å². The average molecular weight is 302 g/mol. The minimum absolute atomic E-state index is 0.00808. The van der Waals surface area contributed by atoms with Gasteiger partial charge in [-0.15, -0.1) is 0 Å². The van der Waals surface area contributed by atoms with Crippen LogP contribution in [0.5, 0.6) is 0 Å². The molecule has 0 aliphatic carbocycles. The van der Waals surface area contributed by atoms with Crippen LogP contribution in [0.25, 0.3) is 0 Å². The summed E-state index contributed by atoms with van der Waals surface area (Å²) < 4.78 is 4.85. The summed E-state index contributed by atoms with van der Waals surface area (Å²) in [5.41, 5.74) is 2.15. The average Bonchev–Trinajstić information content (AvgIpc) is 2.46. The maximum atomic E-state index is 12.1. The van der Waals surface area contributed by atoms with E-state index in [1.54, 1.807) is 16.8 Å². The number of nitrogens with zero attached hydrogens (tertiary/aromatic N) is 2. The number of piperidine rings is 1. The zero-order chi connectivity index (χ0) is 15.8. The molecule has 8 heteroatoms. The second-order valence-corrected chi connectivity index (χ2v) is 5.47. The van der Waals surface area contributed by atoms with E-state index in [0.717, 1.165) is 0 Å². The number of methoxy groups -OCH3 is 1. The van der Waals surface area contributed by atoms with E-state index in [4.69, 9.17) is 10.6 Å². The third-order valence-corrected chi connectivity index (χ3v) is 3.65. The van der Waals surface area contributed by atoms with Crippen molar-refractivity contribution in [2.24, 2.45) is 11.8 Å². The molecule has 0 bridgehead atoms. The van der Waals surface area contributed by atoms with Crippen LogP contribution in [0.15, 0.2) is 0 Å². The number of carbonyl (C=O) groups is 2. The number of nitrogens with one attached hydrogen (secondary N) is 1. The quantitative estimate of drug-likeness (QED) is 0.290. The van der Waals surface area contributed by atoms with Gasteiger partial charge in [0.15, 0.2) is 0 Å². The molecule has 1 aliphatic heterocycles. The minimum atomic E-state index is -0.605. The SMILES string of the molecule is COCC(O)CN(C)CC(=O)N1CCC(C(=O)NN)CC1. The summed E-state index contributed by atoms with van der Waals surface area (Å²) in [4.78, 5) is 27.1. The Balaban J connectivity index is 2.32. The summed E-state index contributed by atoms with van der Waals surface area (Å²) in [6.07, 6.45) is 0.655. The maximum absolute atomic E-state index is 12.1. The zero-order valence-corrected chi connectivity index (χ0v) is 12.7. The van der Waals surface area contributed by atoms with Crippen molar-refractivity contribution >= 4 is 11.8 Å². The molecule has 0 aromatic carbocycles. The van der Waals surface area contributed by atoms with Gasteiger partial charge in [-0.2, -0.15) is 0 Å². The Morgan fingerprint density at radius 2 is 2.10 bits per heavy atom. The fraction of sp³-hybridized carbons (Fsp3) is 0.846. The molecule has 1 atom stereocenters. The molecule has 0 aromatic rings. The van der Waals surface area contributed by atoms with Gasteiger partial charge in [-0.05, 0) is 19.9 Å². The van der Waals surface area contributed by atoms with Gasteiger partial charge in [-0.25, -0.2) is 5.84 Å². The van der Waals surface area contributed by atoms with Gasteiger partial charge in [0.2, 0.25) is 11.8 Å². The summed E-state index contributed by atoms with van der Waals surface area (Å²) >= 11 is 0. The molecule has 2 amide bonds. The number of rotatable bonds is 7. The Hall–Kier alpha value is -1.22. The lowest BCUT2D eigenvalue weighted by atomic mass is 9.96. The number of amides is 2. The number of nitrogens with two attached hydrogens (primary N) is 1. The fourth-order valence-corrected chi connectivity index (χ4v) is 2.51. The lowest BCUT2D eigenvalue weighted by Crippen LogP contribution is -2.47. The third-order valence-electron chi connectivity index (χ3n) is 3.65. The fourth-order valence-electron chi connectivity index (χ4n) is 2.51. The Morgan fingerprint density at radius 3 is 2.62 bits per heavy atom. The first-order valence-electron chi connectivity index (χ1n) is 7.11. The first kappa shape index (κ1) is 17.8. The number of hydrazine groups is 1. The van der Waals surface area contributed by atoms with E-state index in [0.29, 0.717) is 32.5 Å². The minimum Gasteiger partial charge on any atom is -0.389 e. The molecule has 1 rings (SSSR count). The van der Waals surface area contributed by atoms with Gasteiger partial charge < -0.3 is 14.7 Å². The first-order chi connectivity index (χ1) is 9.97. The molecular formula is C13H26N4O4. The Kier molecular flexibility index (Phi) is 7.58. The van der Waals surface area contributed by atoms with Gasteiger partial charge in [-0.1, -0.05) is 0 Å². The summed E-state index contributed by atoms with van der Waals surface area (Å²) in [6.45, 7) is 2.00. The van der Waals surface area contributed by atoms with Gasteiger partial charge in [0.1, 0.15) is 0 Å². The summed E-state index contributed by atoms with van der Waals surface area (Å²) in [5.74, 6) is 4.85. The van der Waals surface area contributed by atoms with Crippen molar-refractivity contribution in [3.8, 4) is 0 Å². The Morgan fingerprint density at radius 1 is 1.48 bits per heavy atom. The van der Waals surface area contributed by atoms with Crippen LogP contribution in [0.4, 0.5) is 0 Å². The van der Waals surface area contributed by atoms with Crippen molar-refractivity contribution in [1.29, 1.82) is 0 Å². The van der Waals surface area contributed by atoms with Crippen molar-refractivity contribution < 1.29 is 19.4 Å². The molecule has 1 unspecified atom stereocenters. The lowest BCUT2D eigenvalue weighted by Gasteiger charge is -2.32. The lowest BCUT2D eigenvalue weighted by molar-refractivity contribution is -0.136. The van der Waals surface area contributed by atoms with E-state index in [1.807, 2.05) is 0 Å². The van der Waals surface area contributed by atoms with Crippen LogP contribution in [-0.4, -0.2) is 79.8 Å². The standard InChI is InChI=1S/C13H26N4O4/c1-16(7-11(18)9-21-2)8-12(19)17-5-3-10(4-6-17)13(20)15-14/h10-11,18H,3-9,14H2,1-2H3,(H,15,20). The van der Waals surface area contributed by atoms with Gasteiger partial charge in [-0.3, -0.25) is 19.9 Å². The van der Waals surface area contributed by atoms with E-state index in [9.17, 15) is 14.7 Å². The van der Waals surface area contributed by atoms with Crippen molar-refractivity contribution in [2.75, 3.05) is 46.9 Å². The molecule has 1 fully saturated rings. The van der Waals surface area contributed by atoms with Gasteiger partial charge >= 0.3 is 0 Å². The molecule has 1 saturated heterocycles. The molecule has 0 radical (unpaired) electrons. The largest absolute Gasteiger partial charge is 0.389 e. The predicted molar refractivity (Wildman–Crippen MR) is 77.0 cm³/mol. The van der Waals surface area contributed by atoms with E-state index in [1.165, 1.54) is 7.11 Å². The van der Waals surface area contributed by atoms with E-state index in [-0.39, 0.29) is 30.9 Å². The molecule has 4 N–H and O–H groups in total. The molecule has 0 spiro atoms. The Labute approximate surface area is 125 Å². The first-order valence-corrected chi connectivity index (χ1v) is 7.11. The molecular weight excluding hydrogens is 276 g/mol. The van der Waals surface area contributed by atoms with Crippen molar-refractivity contribution in [3.05, 3.63) is 0 Å². The van der Waals surface area contributed by atoms with E-state index in [2.05, 4.69) is 5.43 Å². The van der Waals surface area contributed by atoms with Gasteiger partial charge in [0, 0.05) is 32.7 Å². The normalized spacial score (nSPS) is 17.9. The second kappa shape index (κ2) is 8.93. The summed E-state index contributed by atoms with van der Waals surface area (Å²) in [7, 11) is 3.31. The van der Waals surface area contributed by atoms with Crippen molar-refractivity contribution in [2.45, 2.75) is 18.9 Å². The molecule has 0 aromatic heterocycles. The molecule has 1 aliphatic rings. The van der Waals surface area contributed by atoms with Crippen LogP contribution in [0.2, 0.25) is 0 Å². The van der Waals surface area contributed by atoms with E-state index < -0.39 is 6.10 Å². The second-order valence-electron chi connectivity index (χ2n) is 5.47. The molecule has 0 saturated carbocycles. The van der Waals surface area contributed by atoms with Crippen LogP contribution in [0, 0.1) is 5.92 Å². The molecule has 21 heavy (non-hydrogen) atoms. The third kappa shape index (κ3) is 5.96. The summed E-state index contributed by atoms with van der Waals surface area (Å²) in [6, 6.07) is 0. The zero-order valence-electron chi connectivity index (χ0n) is 12.7. The number of aliphatic hydroxyl groups is 1. The number of aliphatic hydroxyl groups excluding tert-OH is 1. The molecule has 122 valence electrons. The summed E-state index contributed by atoms with van der Waals surface area (Å²) in [5, 5.41) is 9.62. The molecule has 1 heterocycles. The van der Waals surface area contributed by atoms with Crippen LogP contribution in [0.1, 0.15) is 12.8 Å². The Bertz CT molecular complexity index is 345. The van der Waals surface area contributed by atoms with Crippen LogP contribution < -0.4 is 11.3 Å². The number of hydrogen-bond acceptors (Lipinski definition) is 6. The number of likely N-dealkylation sites (N-methyl/N-ethyl adjacent to an activating group) is 1. The number of likely N-dealkylation sites (tertiary alicyclic amines) is 1. The number of ether oxygens (including phenoxy) is 1. The predicted octanol–water partition coefficient (Wildman–Crippen LogP) is -1.85. The van der Waals surface area contributed by atoms with Gasteiger partial charge in [0.25, 0.3) is 0 Å². The number of hydrogen-bond donors (Lipinski definition) is 3. The maximum Gasteiger partial charge on any atom is 0.237 e. The van der Waals surface area contributed by atoms with E-state index >= 15 is 0 Å². The van der Waals surface area contributed by atoms with Gasteiger partial charge in [0.05, 0.1) is 19.3 Å². The van der Waals surface area contributed by atoms with Crippen LogP contribution in [0.3, 0.4) is 0 Å². The van der Waals surface area contributed by atoms with Crippen LogP contribution >= 0.6 is 0 Å². The van der Waals surface area contributed by atoms with Crippen molar-refractivity contribution in [1.82, 2.24) is 15.2 Å². The highest BCUT2D eigenvalue weighted by Gasteiger charge is 2.27. The monoisotopic (exact) mass is 302 g/mol. The highest BCUT2D eigenvalue weighted by molar-refractivity contribution is 5.80.